The number of benzene rings is 3. The summed E-state index contributed by atoms with van der Waals surface area (Å²) < 4.78 is 13.2. The third kappa shape index (κ3) is 3.80. The van der Waals surface area contributed by atoms with Gasteiger partial charge < -0.3 is 5.32 Å². The third-order valence-corrected chi connectivity index (χ3v) is 4.20. The molecule has 0 aliphatic heterocycles. The van der Waals surface area contributed by atoms with Gasteiger partial charge in [-0.1, -0.05) is 54.6 Å². The van der Waals surface area contributed by atoms with E-state index in [0.717, 1.165) is 21.9 Å². The van der Waals surface area contributed by atoms with Gasteiger partial charge in [-0.15, -0.1) is 0 Å². The van der Waals surface area contributed by atoms with E-state index in [0.29, 0.717) is 12.8 Å². The highest BCUT2D eigenvalue weighted by Crippen LogP contribution is 2.24. The molecule has 0 aliphatic rings. The molecule has 1 amide bonds. The van der Waals surface area contributed by atoms with Gasteiger partial charge in [0, 0.05) is 6.42 Å². The Morgan fingerprint density at radius 3 is 2.62 bits per heavy atom. The lowest BCUT2D eigenvalue weighted by Crippen LogP contribution is -2.27. The summed E-state index contributed by atoms with van der Waals surface area (Å²) in [7, 11) is 0. The van der Waals surface area contributed by atoms with E-state index in [1.807, 2.05) is 37.3 Å². The normalized spacial score (nSPS) is 12.1. The number of rotatable bonds is 5. The van der Waals surface area contributed by atoms with Crippen LogP contribution in [0.15, 0.2) is 66.7 Å². The summed E-state index contributed by atoms with van der Waals surface area (Å²) in [5.41, 5.74) is 1.94. The summed E-state index contributed by atoms with van der Waals surface area (Å²) in [5, 5.41) is 5.35. The van der Waals surface area contributed by atoms with Gasteiger partial charge in [-0.05, 0) is 47.4 Å². The SMILES string of the molecule is CC(NC(=O)CCc1cccc(F)c1)c1cccc2ccccc12. The maximum Gasteiger partial charge on any atom is 0.220 e. The van der Waals surface area contributed by atoms with Gasteiger partial charge in [0.15, 0.2) is 0 Å². The minimum atomic E-state index is -0.267. The number of halogens is 1. The van der Waals surface area contributed by atoms with Crippen LogP contribution in [0.1, 0.15) is 30.5 Å². The van der Waals surface area contributed by atoms with Gasteiger partial charge in [0.2, 0.25) is 5.91 Å². The molecule has 24 heavy (non-hydrogen) atoms. The van der Waals surface area contributed by atoms with E-state index in [1.165, 1.54) is 12.1 Å². The first kappa shape index (κ1) is 16.2. The zero-order valence-corrected chi connectivity index (χ0v) is 13.6. The standard InChI is InChI=1S/C21H20FNO/c1-15(19-11-5-8-17-7-2-3-10-20(17)19)23-21(24)13-12-16-6-4-9-18(22)14-16/h2-11,14-15H,12-13H2,1H3,(H,23,24). The number of amides is 1. The number of aryl methyl sites for hydroxylation is 1. The maximum absolute atomic E-state index is 13.2. The van der Waals surface area contributed by atoms with Crippen molar-refractivity contribution in [1.29, 1.82) is 0 Å². The maximum atomic E-state index is 13.2. The smallest absolute Gasteiger partial charge is 0.220 e. The predicted molar refractivity (Wildman–Crippen MR) is 95.2 cm³/mol. The van der Waals surface area contributed by atoms with Crippen molar-refractivity contribution < 1.29 is 9.18 Å². The lowest BCUT2D eigenvalue weighted by molar-refractivity contribution is -0.121. The second kappa shape index (κ2) is 7.26. The molecule has 3 heteroatoms. The Kier molecular flexibility index (Phi) is 4.90. The van der Waals surface area contributed by atoms with E-state index >= 15 is 0 Å². The molecule has 0 aliphatic carbocycles. The van der Waals surface area contributed by atoms with Crippen LogP contribution < -0.4 is 5.32 Å². The number of carbonyl (C=O) groups excluding carboxylic acids is 1. The van der Waals surface area contributed by atoms with Crippen molar-refractivity contribution in [1.82, 2.24) is 5.32 Å². The van der Waals surface area contributed by atoms with Gasteiger partial charge in [0.25, 0.3) is 0 Å². The molecule has 2 nitrogen and oxygen atoms in total. The van der Waals surface area contributed by atoms with Crippen LogP contribution in [-0.2, 0) is 11.2 Å². The van der Waals surface area contributed by atoms with Crippen LogP contribution in [0.5, 0.6) is 0 Å². The van der Waals surface area contributed by atoms with E-state index in [-0.39, 0.29) is 17.8 Å². The Hall–Kier alpha value is -2.68. The quantitative estimate of drug-likeness (QED) is 0.719. The molecule has 3 aromatic carbocycles. The molecule has 0 aromatic heterocycles. The fraction of sp³-hybridized carbons (Fsp3) is 0.190. The van der Waals surface area contributed by atoms with Crippen LogP contribution in [-0.4, -0.2) is 5.91 Å². The molecule has 0 fully saturated rings. The molecule has 0 bridgehead atoms. The molecular formula is C21H20FNO. The number of fused-ring (bicyclic) bond motifs is 1. The highest BCUT2D eigenvalue weighted by atomic mass is 19.1. The van der Waals surface area contributed by atoms with Crippen LogP contribution >= 0.6 is 0 Å². The average molecular weight is 321 g/mol. The average Bonchev–Trinajstić information content (AvgIpc) is 2.59. The minimum absolute atomic E-state index is 0.0281. The molecule has 1 atom stereocenters. The van der Waals surface area contributed by atoms with Crippen molar-refractivity contribution in [2.24, 2.45) is 0 Å². The summed E-state index contributed by atoms with van der Waals surface area (Å²) in [6.45, 7) is 1.99. The second-order valence-electron chi connectivity index (χ2n) is 5.99. The van der Waals surface area contributed by atoms with Crippen molar-refractivity contribution in [3.05, 3.63) is 83.7 Å². The van der Waals surface area contributed by atoms with Gasteiger partial charge in [0.1, 0.15) is 5.82 Å². The van der Waals surface area contributed by atoms with E-state index in [4.69, 9.17) is 0 Å². The second-order valence-corrected chi connectivity index (χ2v) is 5.99. The molecule has 3 aromatic rings. The highest BCUT2D eigenvalue weighted by Gasteiger charge is 2.12. The molecule has 0 radical (unpaired) electrons. The third-order valence-electron chi connectivity index (χ3n) is 4.20. The Morgan fingerprint density at radius 1 is 1.04 bits per heavy atom. The van der Waals surface area contributed by atoms with Crippen LogP contribution in [0.2, 0.25) is 0 Å². The summed E-state index contributed by atoms with van der Waals surface area (Å²) >= 11 is 0. The van der Waals surface area contributed by atoms with E-state index in [2.05, 4.69) is 23.5 Å². The number of hydrogen-bond acceptors (Lipinski definition) is 1. The minimum Gasteiger partial charge on any atom is -0.350 e. The van der Waals surface area contributed by atoms with E-state index in [9.17, 15) is 9.18 Å². The van der Waals surface area contributed by atoms with Crippen molar-refractivity contribution >= 4 is 16.7 Å². The molecule has 1 N–H and O–H groups in total. The lowest BCUT2D eigenvalue weighted by atomic mass is 9.99. The van der Waals surface area contributed by atoms with Gasteiger partial charge in [-0.25, -0.2) is 4.39 Å². The van der Waals surface area contributed by atoms with Gasteiger partial charge in [0.05, 0.1) is 6.04 Å². The molecular weight excluding hydrogens is 301 g/mol. The first-order valence-electron chi connectivity index (χ1n) is 8.15. The van der Waals surface area contributed by atoms with Crippen molar-refractivity contribution in [3.63, 3.8) is 0 Å². The Balaban J connectivity index is 1.65. The molecule has 0 heterocycles. The zero-order chi connectivity index (χ0) is 16.9. The largest absolute Gasteiger partial charge is 0.350 e. The van der Waals surface area contributed by atoms with Gasteiger partial charge in [-0.2, -0.15) is 0 Å². The summed E-state index contributed by atoms with van der Waals surface area (Å²) in [4.78, 5) is 12.2. The molecule has 0 saturated heterocycles. The first-order chi connectivity index (χ1) is 11.6. The first-order valence-corrected chi connectivity index (χ1v) is 8.15. The lowest BCUT2D eigenvalue weighted by Gasteiger charge is -2.16. The van der Waals surface area contributed by atoms with Crippen LogP contribution in [0.3, 0.4) is 0 Å². The van der Waals surface area contributed by atoms with E-state index in [1.54, 1.807) is 6.07 Å². The molecule has 0 saturated carbocycles. The van der Waals surface area contributed by atoms with Crippen molar-refractivity contribution in [2.75, 3.05) is 0 Å². The highest BCUT2D eigenvalue weighted by molar-refractivity contribution is 5.86. The topological polar surface area (TPSA) is 29.1 Å². The van der Waals surface area contributed by atoms with Crippen LogP contribution in [0, 0.1) is 5.82 Å². The molecule has 1 unspecified atom stereocenters. The van der Waals surface area contributed by atoms with E-state index < -0.39 is 0 Å². The summed E-state index contributed by atoms with van der Waals surface area (Å²) in [6, 6.07) is 20.6. The summed E-state index contributed by atoms with van der Waals surface area (Å²) in [5.74, 6) is -0.295. The van der Waals surface area contributed by atoms with Crippen molar-refractivity contribution in [3.8, 4) is 0 Å². The Bertz CT molecular complexity index is 854. The fourth-order valence-corrected chi connectivity index (χ4v) is 2.97. The monoisotopic (exact) mass is 321 g/mol. The number of hydrogen-bond donors (Lipinski definition) is 1. The molecule has 122 valence electrons. The Labute approximate surface area is 141 Å². The number of nitrogens with one attached hydrogen (secondary N) is 1. The molecule has 3 rings (SSSR count). The van der Waals surface area contributed by atoms with Gasteiger partial charge >= 0.3 is 0 Å². The van der Waals surface area contributed by atoms with Crippen molar-refractivity contribution in [2.45, 2.75) is 25.8 Å². The van der Waals surface area contributed by atoms with Gasteiger partial charge in [-0.3, -0.25) is 4.79 Å². The Morgan fingerprint density at radius 2 is 1.79 bits per heavy atom. The zero-order valence-electron chi connectivity index (χ0n) is 13.6. The van der Waals surface area contributed by atoms with Crippen LogP contribution in [0.4, 0.5) is 4.39 Å². The predicted octanol–water partition coefficient (Wildman–Crippen LogP) is 4.79. The van der Waals surface area contributed by atoms with Crippen LogP contribution in [0.25, 0.3) is 10.8 Å². The molecule has 0 spiro atoms. The fourth-order valence-electron chi connectivity index (χ4n) is 2.97. The number of carbonyl (C=O) groups is 1. The summed E-state index contributed by atoms with van der Waals surface area (Å²) in [6.07, 6.45) is 0.879.